The van der Waals surface area contributed by atoms with Crippen molar-refractivity contribution in [2.45, 2.75) is 6.42 Å². The largest absolute Gasteiger partial charge is 0.304 e. The summed E-state index contributed by atoms with van der Waals surface area (Å²) in [5.74, 6) is 3.38. The van der Waals surface area contributed by atoms with Crippen molar-refractivity contribution in [2.75, 3.05) is 11.4 Å². The van der Waals surface area contributed by atoms with Crippen LogP contribution >= 0.6 is 15.9 Å². The number of anilines is 1. The predicted octanol–water partition coefficient (Wildman–Crippen LogP) is 0.358. The maximum Gasteiger partial charge on any atom is 0.299 e. The number of fused-ring (bicyclic) bond motifs is 1. The molecule has 1 heterocycles. The van der Waals surface area contributed by atoms with Crippen molar-refractivity contribution < 1.29 is 14.4 Å². The topological polar surface area (TPSA) is 92.5 Å². The Balaban J connectivity index is 2.29. The quantitative estimate of drug-likeness (QED) is 0.365. The Morgan fingerprint density at radius 1 is 1.39 bits per heavy atom. The SMILES string of the molecule is NNC(=O)CCN1C(=O)C(=O)c2c(Br)cccc21. The minimum absolute atomic E-state index is 0.0431. The van der Waals surface area contributed by atoms with Crippen LogP contribution in [0.5, 0.6) is 0 Å². The molecule has 7 heteroatoms. The van der Waals surface area contributed by atoms with E-state index in [0.717, 1.165) is 0 Å². The van der Waals surface area contributed by atoms with E-state index in [9.17, 15) is 14.4 Å². The molecule has 6 nitrogen and oxygen atoms in total. The van der Waals surface area contributed by atoms with Gasteiger partial charge < -0.3 is 4.90 Å². The Bertz CT molecular complexity index is 544. The third-order valence-electron chi connectivity index (χ3n) is 2.67. The van der Waals surface area contributed by atoms with E-state index in [1.807, 2.05) is 5.43 Å². The van der Waals surface area contributed by atoms with E-state index in [1.165, 1.54) is 4.90 Å². The minimum atomic E-state index is -0.623. The number of amides is 2. The normalized spacial score (nSPS) is 13.8. The molecule has 0 atom stereocenters. The molecular formula is C11H10BrN3O3. The number of carbonyl (C=O) groups is 3. The first-order chi connectivity index (χ1) is 8.56. The highest BCUT2D eigenvalue weighted by Gasteiger charge is 2.37. The first-order valence-electron chi connectivity index (χ1n) is 5.20. The van der Waals surface area contributed by atoms with E-state index >= 15 is 0 Å². The molecule has 1 aromatic rings. The fourth-order valence-electron chi connectivity index (χ4n) is 1.81. The molecule has 0 aromatic heterocycles. The number of ketones is 1. The van der Waals surface area contributed by atoms with Crippen molar-refractivity contribution in [1.82, 2.24) is 5.43 Å². The maximum absolute atomic E-state index is 11.8. The first kappa shape index (κ1) is 12.7. The molecule has 1 aliphatic rings. The maximum atomic E-state index is 11.8. The number of carbonyl (C=O) groups excluding carboxylic acids is 3. The molecule has 94 valence electrons. The van der Waals surface area contributed by atoms with Crippen LogP contribution in [0.15, 0.2) is 22.7 Å². The zero-order valence-corrected chi connectivity index (χ0v) is 10.9. The molecule has 1 aliphatic heterocycles. The molecule has 0 radical (unpaired) electrons. The van der Waals surface area contributed by atoms with Gasteiger partial charge in [0.1, 0.15) is 0 Å². The number of nitrogens with two attached hydrogens (primary N) is 1. The number of halogens is 1. The lowest BCUT2D eigenvalue weighted by atomic mass is 10.1. The third-order valence-corrected chi connectivity index (χ3v) is 3.33. The van der Waals surface area contributed by atoms with Gasteiger partial charge in [-0.3, -0.25) is 19.8 Å². The summed E-state index contributed by atoms with van der Waals surface area (Å²) >= 11 is 3.24. The van der Waals surface area contributed by atoms with Crippen LogP contribution in [-0.2, 0) is 9.59 Å². The summed E-state index contributed by atoms with van der Waals surface area (Å²) in [6.07, 6.45) is 0.0431. The average Bonchev–Trinajstić information content (AvgIpc) is 2.61. The summed E-state index contributed by atoms with van der Waals surface area (Å²) in [7, 11) is 0. The summed E-state index contributed by atoms with van der Waals surface area (Å²) in [6.45, 7) is 0.122. The smallest absolute Gasteiger partial charge is 0.299 e. The second-order valence-corrected chi connectivity index (χ2v) is 4.59. The van der Waals surface area contributed by atoms with Crippen molar-refractivity contribution in [3.63, 3.8) is 0 Å². The summed E-state index contributed by atoms with van der Waals surface area (Å²) in [6, 6.07) is 5.09. The number of Topliss-reactive ketones (excluding diaryl/α,β-unsaturated/α-hetero) is 1. The predicted molar refractivity (Wildman–Crippen MR) is 67.8 cm³/mol. The van der Waals surface area contributed by atoms with Gasteiger partial charge in [-0.25, -0.2) is 5.84 Å². The van der Waals surface area contributed by atoms with E-state index in [0.29, 0.717) is 15.7 Å². The molecule has 2 amide bonds. The average molecular weight is 312 g/mol. The minimum Gasteiger partial charge on any atom is -0.304 e. The Kier molecular flexibility index (Phi) is 3.44. The van der Waals surface area contributed by atoms with Gasteiger partial charge in [-0.15, -0.1) is 0 Å². The van der Waals surface area contributed by atoms with Gasteiger partial charge in [-0.1, -0.05) is 6.07 Å². The summed E-state index contributed by atoms with van der Waals surface area (Å²) < 4.78 is 0.573. The molecule has 0 unspecified atom stereocenters. The van der Waals surface area contributed by atoms with Gasteiger partial charge in [0.2, 0.25) is 5.91 Å². The molecule has 18 heavy (non-hydrogen) atoms. The van der Waals surface area contributed by atoms with E-state index in [1.54, 1.807) is 18.2 Å². The summed E-state index contributed by atoms with van der Waals surface area (Å²) in [4.78, 5) is 36.0. The molecule has 1 aromatic carbocycles. The Hall–Kier alpha value is -1.73. The molecule has 0 aliphatic carbocycles. The molecule has 0 saturated heterocycles. The number of nitrogens with zero attached hydrogens (tertiary/aromatic N) is 1. The van der Waals surface area contributed by atoms with E-state index in [2.05, 4.69) is 15.9 Å². The van der Waals surface area contributed by atoms with Crippen LogP contribution in [-0.4, -0.2) is 24.1 Å². The Morgan fingerprint density at radius 2 is 2.11 bits per heavy atom. The summed E-state index contributed by atoms with van der Waals surface area (Å²) in [5, 5.41) is 0. The van der Waals surface area contributed by atoms with Crippen LogP contribution in [0, 0.1) is 0 Å². The number of hydrogen-bond donors (Lipinski definition) is 2. The second kappa shape index (κ2) is 4.87. The Morgan fingerprint density at radius 3 is 2.78 bits per heavy atom. The summed E-state index contributed by atoms with van der Waals surface area (Å²) in [5.41, 5.74) is 2.84. The monoisotopic (exact) mass is 311 g/mol. The number of benzene rings is 1. The zero-order chi connectivity index (χ0) is 13.3. The zero-order valence-electron chi connectivity index (χ0n) is 9.27. The van der Waals surface area contributed by atoms with Crippen molar-refractivity contribution in [1.29, 1.82) is 0 Å². The Labute approximate surface area is 111 Å². The van der Waals surface area contributed by atoms with Gasteiger partial charge >= 0.3 is 0 Å². The standard InChI is InChI=1S/C11H10BrN3O3/c12-6-2-1-3-7-9(6)10(17)11(18)15(7)5-4-8(16)14-13/h1-3H,4-5,13H2,(H,14,16). The van der Waals surface area contributed by atoms with Gasteiger partial charge in [0.25, 0.3) is 11.7 Å². The van der Waals surface area contributed by atoms with Crippen molar-refractivity contribution in [2.24, 2.45) is 5.84 Å². The van der Waals surface area contributed by atoms with Crippen LogP contribution in [0.2, 0.25) is 0 Å². The third kappa shape index (κ3) is 2.02. The fraction of sp³-hybridized carbons (Fsp3) is 0.182. The van der Waals surface area contributed by atoms with Gasteiger partial charge in [0, 0.05) is 17.4 Å². The molecule has 3 N–H and O–H groups in total. The van der Waals surface area contributed by atoms with Crippen LogP contribution in [0.1, 0.15) is 16.8 Å². The second-order valence-electron chi connectivity index (χ2n) is 3.74. The van der Waals surface area contributed by atoms with Gasteiger partial charge in [-0.2, -0.15) is 0 Å². The van der Waals surface area contributed by atoms with Crippen molar-refractivity contribution in [3.8, 4) is 0 Å². The lowest BCUT2D eigenvalue weighted by molar-refractivity contribution is -0.121. The lowest BCUT2D eigenvalue weighted by Crippen LogP contribution is -2.36. The fourth-order valence-corrected chi connectivity index (χ4v) is 2.34. The number of hydrogen-bond acceptors (Lipinski definition) is 4. The van der Waals surface area contributed by atoms with E-state index in [4.69, 9.17) is 5.84 Å². The van der Waals surface area contributed by atoms with Gasteiger partial charge in [0.05, 0.1) is 11.3 Å². The van der Waals surface area contributed by atoms with Crippen LogP contribution in [0.25, 0.3) is 0 Å². The first-order valence-corrected chi connectivity index (χ1v) is 5.99. The molecular weight excluding hydrogens is 302 g/mol. The molecule has 0 fully saturated rings. The van der Waals surface area contributed by atoms with Crippen LogP contribution in [0.4, 0.5) is 5.69 Å². The highest BCUT2D eigenvalue weighted by atomic mass is 79.9. The lowest BCUT2D eigenvalue weighted by Gasteiger charge is -2.15. The number of nitrogens with one attached hydrogen (secondary N) is 1. The van der Waals surface area contributed by atoms with Crippen LogP contribution in [0.3, 0.4) is 0 Å². The molecule has 2 rings (SSSR count). The van der Waals surface area contributed by atoms with Crippen molar-refractivity contribution in [3.05, 3.63) is 28.2 Å². The molecule has 0 bridgehead atoms. The molecule has 0 saturated carbocycles. The number of hydrazine groups is 1. The van der Waals surface area contributed by atoms with E-state index in [-0.39, 0.29) is 13.0 Å². The number of rotatable bonds is 3. The highest BCUT2D eigenvalue weighted by Crippen LogP contribution is 2.34. The van der Waals surface area contributed by atoms with E-state index < -0.39 is 17.6 Å². The van der Waals surface area contributed by atoms with Gasteiger partial charge in [-0.05, 0) is 28.1 Å². The highest BCUT2D eigenvalue weighted by molar-refractivity contribution is 9.10. The van der Waals surface area contributed by atoms with Crippen LogP contribution < -0.4 is 16.2 Å². The van der Waals surface area contributed by atoms with Crippen molar-refractivity contribution >= 4 is 39.2 Å². The van der Waals surface area contributed by atoms with Gasteiger partial charge in [0.15, 0.2) is 0 Å². The molecule has 0 spiro atoms.